The largest absolute Gasteiger partial charge is 0.458 e. The molecular weight excluding hydrogens is 370 g/mol. The monoisotopic (exact) mass is 389 g/mol. The minimum absolute atomic E-state index is 0.0390. The van der Waals surface area contributed by atoms with Gasteiger partial charge in [-0.25, -0.2) is 9.97 Å². The zero-order valence-corrected chi connectivity index (χ0v) is 15.4. The summed E-state index contributed by atoms with van der Waals surface area (Å²) in [6.45, 7) is 5.16. The highest BCUT2D eigenvalue weighted by atomic mass is 79.9. The maximum Gasteiger partial charge on any atom is 0.317 e. The van der Waals surface area contributed by atoms with E-state index in [9.17, 15) is 4.79 Å². The van der Waals surface area contributed by atoms with Gasteiger partial charge in [-0.3, -0.25) is 4.79 Å². The van der Waals surface area contributed by atoms with Crippen LogP contribution in [0.25, 0.3) is 0 Å². The molecule has 1 aromatic carbocycles. The van der Waals surface area contributed by atoms with Crippen LogP contribution in [0, 0.1) is 13.8 Å². The zero-order chi connectivity index (χ0) is 17.1. The molecule has 1 aliphatic heterocycles. The lowest BCUT2D eigenvalue weighted by molar-refractivity contribution is 0.0515. The molecule has 0 saturated carbocycles. The van der Waals surface area contributed by atoms with E-state index in [0.29, 0.717) is 18.1 Å². The van der Waals surface area contributed by atoms with Gasteiger partial charge in [-0.15, -0.1) is 0 Å². The third kappa shape index (κ3) is 4.12. The first-order chi connectivity index (χ1) is 11.5. The Labute approximate surface area is 150 Å². The molecule has 6 heteroatoms. The Hall–Kier alpha value is -1.95. The molecule has 1 aliphatic rings. The van der Waals surface area contributed by atoms with Crippen LogP contribution in [0.5, 0.6) is 6.01 Å². The van der Waals surface area contributed by atoms with Crippen LogP contribution < -0.4 is 4.74 Å². The molecule has 0 bridgehead atoms. The van der Waals surface area contributed by atoms with Crippen molar-refractivity contribution in [2.75, 3.05) is 13.1 Å². The van der Waals surface area contributed by atoms with Gasteiger partial charge in [-0.1, -0.05) is 15.9 Å². The molecule has 5 nitrogen and oxygen atoms in total. The molecule has 2 aromatic rings. The van der Waals surface area contributed by atoms with Gasteiger partial charge in [0.25, 0.3) is 5.91 Å². The van der Waals surface area contributed by atoms with Crippen molar-refractivity contribution in [3.05, 3.63) is 51.8 Å². The van der Waals surface area contributed by atoms with Crippen LogP contribution in [0.15, 0.2) is 34.8 Å². The van der Waals surface area contributed by atoms with Gasteiger partial charge in [0, 0.05) is 28.0 Å². The summed E-state index contributed by atoms with van der Waals surface area (Å²) in [7, 11) is 0. The number of carbonyl (C=O) groups is 1. The van der Waals surface area contributed by atoms with E-state index in [2.05, 4.69) is 25.9 Å². The molecule has 24 heavy (non-hydrogen) atoms. The first-order valence-electron chi connectivity index (χ1n) is 8.05. The minimum atomic E-state index is -0.0700. The van der Waals surface area contributed by atoms with Gasteiger partial charge in [0.1, 0.15) is 6.10 Å². The van der Waals surface area contributed by atoms with E-state index in [1.807, 2.05) is 49.1 Å². The van der Waals surface area contributed by atoms with Gasteiger partial charge in [0.2, 0.25) is 0 Å². The third-order valence-corrected chi connectivity index (χ3v) is 4.52. The van der Waals surface area contributed by atoms with Crippen molar-refractivity contribution in [1.82, 2.24) is 14.9 Å². The fraction of sp³-hybridized carbons (Fsp3) is 0.389. The smallest absolute Gasteiger partial charge is 0.317 e. The van der Waals surface area contributed by atoms with E-state index < -0.39 is 0 Å². The van der Waals surface area contributed by atoms with Crippen LogP contribution >= 0.6 is 15.9 Å². The van der Waals surface area contributed by atoms with Gasteiger partial charge in [0.05, 0.1) is 6.54 Å². The average Bonchev–Trinajstić information content (AvgIpc) is 2.54. The van der Waals surface area contributed by atoms with Crippen molar-refractivity contribution >= 4 is 21.8 Å². The molecule has 1 unspecified atom stereocenters. The Bertz CT molecular complexity index is 713. The second-order valence-electron chi connectivity index (χ2n) is 6.07. The lowest BCUT2D eigenvalue weighted by Gasteiger charge is -2.32. The number of aryl methyl sites for hydroxylation is 2. The number of halogens is 1. The summed E-state index contributed by atoms with van der Waals surface area (Å²) >= 11 is 3.39. The summed E-state index contributed by atoms with van der Waals surface area (Å²) in [5, 5.41) is 0. The maximum absolute atomic E-state index is 12.6. The fourth-order valence-electron chi connectivity index (χ4n) is 2.89. The Morgan fingerprint density at radius 1 is 1.21 bits per heavy atom. The predicted molar refractivity (Wildman–Crippen MR) is 95.2 cm³/mol. The SMILES string of the molecule is Cc1cc(C)nc(OC2CCCN(C(=O)c3ccc(Br)cc3)C2)n1. The highest BCUT2D eigenvalue weighted by Gasteiger charge is 2.26. The highest BCUT2D eigenvalue weighted by molar-refractivity contribution is 9.10. The van der Waals surface area contributed by atoms with Crippen molar-refractivity contribution in [3.63, 3.8) is 0 Å². The maximum atomic E-state index is 12.6. The average molecular weight is 390 g/mol. The molecule has 1 aromatic heterocycles. The number of piperidine rings is 1. The summed E-state index contributed by atoms with van der Waals surface area (Å²) in [5.41, 5.74) is 2.47. The van der Waals surface area contributed by atoms with E-state index in [0.717, 1.165) is 35.2 Å². The summed E-state index contributed by atoms with van der Waals surface area (Å²) in [5.74, 6) is 0.0390. The van der Waals surface area contributed by atoms with Crippen LogP contribution in [-0.2, 0) is 0 Å². The van der Waals surface area contributed by atoms with E-state index in [4.69, 9.17) is 4.74 Å². The third-order valence-electron chi connectivity index (χ3n) is 3.99. The number of likely N-dealkylation sites (tertiary alicyclic amines) is 1. The van der Waals surface area contributed by atoms with Crippen molar-refractivity contribution in [2.24, 2.45) is 0 Å². The molecule has 1 fully saturated rings. The lowest BCUT2D eigenvalue weighted by Crippen LogP contribution is -2.44. The molecule has 0 radical (unpaired) electrons. The number of rotatable bonds is 3. The van der Waals surface area contributed by atoms with Crippen LogP contribution in [0.1, 0.15) is 34.6 Å². The Morgan fingerprint density at radius 2 is 1.88 bits per heavy atom. The van der Waals surface area contributed by atoms with Crippen LogP contribution in [-0.4, -0.2) is 40.0 Å². The topological polar surface area (TPSA) is 55.3 Å². The molecule has 0 spiro atoms. The number of aromatic nitrogens is 2. The number of hydrogen-bond acceptors (Lipinski definition) is 4. The number of nitrogens with zero attached hydrogens (tertiary/aromatic N) is 3. The summed E-state index contributed by atoms with van der Waals surface area (Å²) in [6, 6.07) is 9.75. The molecule has 3 rings (SSSR count). The Morgan fingerprint density at radius 3 is 2.54 bits per heavy atom. The number of amides is 1. The summed E-state index contributed by atoms with van der Waals surface area (Å²) < 4.78 is 6.89. The molecule has 126 valence electrons. The van der Waals surface area contributed by atoms with Gasteiger partial charge < -0.3 is 9.64 Å². The van der Waals surface area contributed by atoms with E-state index in [1.165, 1.54) is 0 Å². The van der Waals surface area contributed by atoms with E-state index in [1.54, 1.807) is 0 Å². The van der Waals surface area contributed by atoms with Gasteiger partial charge >= 0.3 is 6.01 Å². The van der Waals surface area contributed by atoms with Crippen molar-refractivity contribution in [1.29, 1.82) is 0 Å². The van der Waals surface area contributed by atoms with Crippen molar-refractivity contribution in [3.8, 4) is 6.01 Å². The lowest BCUT2D eigenvalue weighted by atomic mass is 10.1. The zero-order valence-electron chi connectivity index (χ0n) is 13.8. The highest BCUT2D eigenvalue weighted by Crippen LogP contribution is 2.19. The minimum Gasteiger partial charge on any atom is -0.458 e. The van der Waals surface area contributed by atoms with Crippen molar-refractivity contribution < 1.29 is 9.53 Å². The molecule has 2 heterocycles. The number of benzene rings is 1. The molecule has 1 saturated heterocycles. The van der Waals surface area contributed by atoms with E-state index in [-0.39, 0.29) is 12.0 Å². The molecule has 0 N–H and O–H groups in total. The standard InChI is InChI=1S/C18H20BrN3O2/c1-12-10-13(2)21-18(20-12)24-16-4-3-9-22(11-16)17(23)14-5-7-15(19)8-6-14/h5-8,10,16H,3-4,9,11H2,1-2H3. The summed E-state index contributed by atoms with van der Waals surface area (Å²) in [6.07, 6.45) is 1.75. The second kappa shape index (κ2) is 7.30. The number of carbonyl (C=O) groups excluding carboxylic acids is 1. The predicted octanol–water partition coefficient (Wildman–Crippen LogP) is 3.54. The number of ether oxygens (including phenoxy) is 1. The molecule has 1 atom stereocenters. The quantitative estimate of drug-likeness (QED) is 0.805. The van der Waals surface area contributed by atoms with E-state index >= 15 is 0 Å². The van der Waals surface area contributed by atoms with Gasteiger partial charge in [0.15, 0.2) is 0 Å². The molecular formula is C18H20BrN3O2. The van der Waals surface area contributed by atoms with Crippen LogP contribution in [0.4, 0.5) is 0 Å². The molecule has 1 amide bonds. The van der Waals surface area contributed by atoms with Crippen LogP contribution in [0.2, 0.25) is 0 Å². The fourth-order valence-corrected chi connectivity index (χ4v) is 3.15. The number of hydrogen-bond donors (Lipinski definition) is 0. The Kier molecular flexibility index (Phi) is 5.14. The van der Waals surface area contributed by atoms with Gasteiger partial charge in [-0.05, 0) is 57.0 Å². The first kappa shape index (κ1) is 16.9. The normalized spacial score (nSPS) is 17.6. The Balaban J connectivity index is 1.67. The van der Waals surface area contributed by atoms with Crippen LogP contribution in [0.3, 0.4) is 0 Å². The summed E-state index contributed by atoms with van der Waals surface area (Å²) in [4.78, 5) is 23.1. The second-order valence-corrected chi connectivity index (χ2v) is 6.99. The van der Waals surface area contributed by atoms with Gasteiger partial charge in [-0.2, -0.15) is 0 Å². The first-order valence-corrected chi connectivity index (χ1v) is 8.84. The molecule has 0 aliphatic carbocycles. The van der Waals surface area contributed by atoms with Crippen molar-refractivity contribution in [2.45, 2.75) is 32.8 Å².